The molecule has 0 bridgehead atoms. The van der Waals surface area contributed by atoms with E-state index in [0.29, 0.717) is 34.0 Å². The quantitative estimate of drug-likeness (QED) is 0.200. The van der Waals surface area contributed by atoms with Crippen molar-refractivity contribution >= 4 is 40.7 Å². The normalized spacial score (nSPS) is 13.1. The molecule has 11 heteroatoms. The van der Waals surface area contributed by atoms with Gasteiger partial charge >= 0.3 is 12.2 Å². The zero-order valence-corrected chi connectivity index (χ0v) is 24.4. The van der Waals surface area contributed by atoms with Crippen molar-refractivity contribution in [3.8, 4) is 0 Å². The number of carbonyl (C=O) groups excluding carboxylic acids is 2. The molecule has 0 saturated carbocycles. The van der Waals surface area contributed by atoms with Gasteiger partial charge in [-0.3, -0.25) is 9.79 Å². The Balaban J connectivity index is 0.000000512. The number of thioether (sulfide) groups is 1. The molecule has 0 fully saturated rings. The monoisotopic (exact) mass is 580 g/mol. The Hall–Kier alpha value is -3.34. The van der Waals surface area contributed by atoms with Crippen LogP contribution in [0.3, 0.4) is 0 Å². The minimum atomic E-state index is -4.11. The SMILES string of the molecule is CC=NC(=NC)c1ccc(C(F)CNC(=O)/N=C(/C)SCC(=O)CC)cc1.Cc1ccc(CC(F)(F)F)c(C)c1. The average Bonchev–Trinajstić information content (AvgIpc) is 2.90. The number of amides is 2. The largest absolute Gasteiger partial charge is 0.393 e. The molecule has 0 aliphatic rings. The molecule has 2 rings (SSSR count). The van der Waals surface area contributed by atoms with Gasteiger partial charge in [0, 0.05) is 25.2 Å². The van der Waals surface area contributed by atoms with E-state index < -0.39 is 24.8 Å². The van der Waals surface area contributed by atoms with Gasteiger partial charge in [-0.05, 0) is 44.4 Å². The molecule has 2 aromatic rings. The molecule has 0 aliphatic heterocycles. The predicted molar refractivity (Wildman–Crippen MR) is 157 cm³/mol. The Morgan fingerprint density at radius 2 is 1.75 bits per heavy atom. The molecule has 0 spiro atoms. The van der Waals surface area contributed by atoms with Crippen LogP contribution >= 0.6 is 11.8 Å². The summed E-state index contributed by atoms with van der Waals surface area (Å²) >= 11 is 1.20. The Morgan fingerprint density at radius 1 is 1.10 bits per heavy atom. The number of ketones is 1. The van der Waals surface area contributed by atoms with Gasteiger partial charge in [-0.2, -0.15) is 18.2 Å². The first kappa shape index (κ1) is 34.7. The number of aryl methyl sites for hydroxylation is 2. The number of amidine groups is 1. The van der Waals surface area contributed by atoms with Crippen LogP contribution in [0.1, 0.15) is 61.2 Å². The molecule has 1 N–H and O–H groups in total. The topological polar surface area (TPSA) is 83.2 Å². The van der Waals surface area contributed by atoms with E-state index in [0.717, 1.165) is 11.1 Å². The van der Waals surface area contributed by atoms with Crippen molar-refractivity contribution in [2.45, 2.75) is 59.8 Å². The summed E-state index contributed by atoms with van der Waals surface area (Å²) in [6.07, 6.45) is -4.21. The second-order valence-corrected chi connectivity index (χ2v) is 9.91. The molecular formula is C29H36F4N4O2S. The van der Waals surface area contributed by atoms with E-state index in [1.807, 2.05) is 6.92 Å². The van der Waals surface area contributed by atoms with E-state index in [4.69, 9.17) is 0 Å². The highest BCUT2D eigenvalue weighted by molar-refractivity contribution is 8.14. The zero-order valence-electron chi connectivity index (χ0n) is 23.6. The Bertz CT molecular complexity index is 1210. The van der Waals surface area contributed by atoms with E-state index in [1.54, 1.807) is 77.4 Å². The predicted octanol–water partition coefficient (Wildman–Crippen LogP) is 7.41. The van der Waals surface area contributed by atoms with Crippen LogP contribution in [0.5, 0.6) is 0 Å². The maximum atomic E-state index is 14.3. The number of aliphatic imine (C=N–C) groups is 3. The Labute approximate surface area is 237 Å². The van der Waals surface area contributed by atoms with Gasteiger partial charge < -0.3 is 5.32 Å². The van der Waals surface area contributed by atoms with Crippen LogP contribution in [-0.4, -0.2) is 54.4 Å². The van der Waals surface area contributed by atoms with Crippen LogP contribution in [0, 0.1) is 13.8 Å². The minimum absolute atomic E-state index is 0.0862. The van der Waals surface area contributed by atoms with Crippen LogP contribution in [0.15, 0.2) is 57.4 Å². The highest BCUT2D eigenvalue weighted by Gasteiger charge is 2.28. The molecule has 1 atom stereocenters. The standard InChI is InChI=1S/C19H25FN4O2S.C10H11F3/c1-5-16(25)12-27-13(3)24-19(26)23-11-17(20)14-7-9-15(10-8-14)18(21-4)22-6-2;1-7-3-4-9(8(2)5-7)6-10(11,12)13/h6-10,17H,5,11-12H2,1-4H3,(H,23,26);3-5H,6H2,1-2H3/b21-18?,22-6?,24-13-;. The second-order valence-electron chi connectivity index (χ2n) is 8.74. The number of hydrogen-bond donors (Lipinski definition) is 1. The van der Waals surface area contributed by atoms with Gasteiger partial charge in [-0.1, -0.05) is 55.0 Å². The number of alkyl halides is 4. The number of carbonyl (C=O) groups is 2. The lowest BCUT2D eigenvalue weighted by Crippen LogP contribution is -2.24. The lowest BCUT2D eigenvalue weighted by atomic mass is 10.0. The number of nitrogens with zero attached hydrogens (tertiary/aromatic N) is 3. The summed E-state index contributed by atoms with van der Waals surface area (Å²) in [5.41, 5.74) is 3.28. The van der Waals surface area contributed by atoms with Crippen molar-refractivity contribution in [2.75, 3.05) is 19.3 Å². The highest BCUT2D eigenvalue weighted by Crippen LogP contribution is 2.23. The summed E-state index contributed by atoms with van der Waals surface area (Å²) in [4.78, 5) is 35.0. The first-order chi connectivity index (χ1) is 18.8. The first-order valence-corrected chi connectivity index (χ1v) is 13.6. The molecular weight excluding hydrogens is 544 g/mol. The molecule has 218 valence electrons. The van der Waals surface area contributed by atoms with E-state index in [2.05, 4.69) is 20.3 Å². The summed E-state index contributed by atoms with van der Waals surface area (Å²) in [7, 11) is 1.64. The summed E-state index contributed by atoms with van der Waals surface area (Å²) < 4.78 is 50.4. The molecule has 40 heavy (non-hydrogen) atoms. The fraction of sp³-hybridized carbons (Fsp3) is 0.414. The number of hydrogen-bond acceptors (Lipinski definition) is 4. The van der Waals surface area contributed by atoms with Gasteiger partial charge in [0.1, 0.15) is 12.0 Å². The maximum absolute atomic E-state index is 14.3. The number of halogens is 4. The summed E-state index contributed by atoms with van der Waals surface area (Å²) in [6.45, 7) is 8.60. The van der Waals surface area contributed by atoms with Crippen molar-refractivity contribution in [1.29, 1.82) is 0 Å². The molecule has 1 unspecified atom stereocenters. The van der Waals surface area contributed by atoms with E-state index in [9.17, 15) is 27.2 Å². The van der Waals surface area contributed by atoms with Gasteiger partial charge in [0.2, 0.25) is 0 Å². The summed E-state index contributed by atoms with van der Waals surface area (Å²) in [6, 6.07) is 11.1. The average molecular weight is 581 g/mol. The van der Waals surface area contributed by atoms with Crippen molar-refractivity contribution < 1.29 is 27.2 Å². The lowest BCUT2D eigenvalue weighted by molar-refractivity contribution is -0.127. The number of urea groups is 1. The van der Waals surface area contributed by atoms with Crippen molar-refractivity contribution in [3.63, 3.8) is 0 Å². The molecule has 0 heterocycles. The molecule has 0 radical (unpaired) electrons. The van der Waals surface area contributed by atoms with Gasteiger partial charge in [-0.25, -0.2) is 14.2 Å². The first-order valence-electron chi connectivity index (χ1n) is 12.6. The number of benzene rings is 2. The van der Waals surface area contributed by atoms with Crippen LogP contribution in [0.25, 0.3) is 0 Å². The molecule has 6 nitrogen and oxygen atoms in total. The molecule has 2 aromatic carbocycles. The third-order valence-corrected chi connectivity index (χ3v) is 6.39. The van der Waals surface area contributed by atoms with Crippen molar-refractivity contribution in [2.24, 2.45) is 15.0 Å². The van der Waals surface area contributed by atoms with Crippen molar-refractivity contribution in [1.82, 2.24) is 5.32 Å². The molecule has 0 aromatic heterocycles. The van der Waals surface area contributed by atoms with Gasteiger partial charge in [0.15, 0.2) is 5.84 Å². The number of nitrogens with one attached hydrogen (secondary N) is 1. The van der Waals surface area contributed by atoms with Crippen LogP contribution in [-0.2, 0) is 11.2 Å². The highest BCUT2D eigenvalue weighted by atomic mass is 32.2. The summed E-state index contributed by atoms with van der Waals surface area (Å²) in [5.74, 6) is 0.933. The zero-order chi connectivity index (χ0) is 30.3. The number of rotatable bonds is 8. The molecule has 0 aliphatic carbocycles. The van der Waals surface area contributed by atoms with E-state index in [1.165, 1.54) is 17.8 Å². The van der Waals surface area contributed by atoms with Crippen molar-refractivity contribution in [3.05, 3.63) is 70.3 Å². The van der Waals surface area contributed by atoms with Crippen LogP contribution in [0.4, 0.5) is 22.4 Å². The van der Waals surface area contributed by atoms with Crippen LogP contribution < -0.4 is 5.32 Å². The minimum Gasteiger partial charge on any atom is -0.333 e. The fourth-order valence-electron chi connectivity index (χ4n) is 3.28. The second kappa shape index (κ2) is 17.4. The Kier molecular flexibility index (Phi) is 15.1. The molecule has 0 saturated heterocycles. The smallest absolute Gasteiger partial charge is 0.333 e. The number of Topliss-reactive ketones (excluding diaryl/α,β-unsaturated/α-hetero) is 1. The van der Waals surface area contributed by atoms with Crippen LogP contribution in [0.2, 0.25) is 0 Å². The maximum Gasteiger partial charge on any atom is 0.393 e. The fourth-order valence-corrected chi connectivity index (χ4v) is 4.00. The molecule has 2 amide bonds. The lowest BCUT2D eigenvalue weighted by Gasteiger charge is -2.10. The van der Waals surface area contributed by atoms with E-state index >= 15 is 0 Å². The van der Waals surface area contributed by atoms with E-state index in [-0.39, 0.29) is 18.1 Å². The summed E-state index contributed by atoms with van der Waals surface area (Å²) in [5, 5.41) is 2.90. The van der Waals surface area contributed by atoms with Gasteiger partial charge in [-0.15, -0.1) is 11.8 Å². The Morgan fingerprint density at radius 3 is 2.27 bits per heavy atom. The third kappa shape index (κ3) is 13.6. The van der Waals surface area contributed by atoms with Gasteiger partial charge in [0.05, 0.1) is 23.8 Å². The third-order valence-electron chi connectivity index (χ3n) is 5.41. The van der Waals surface area contributed by atoms with Gasteiger partial charge in [0.25, 0.3) is 0 Å².